The van der Waals surface area contributed by atoms with E-state index in [1.165, 1.54) is 6.20 Å². The van der Waals surface area contributed by atoms with Crippen LogP contribution < -0.4 is 0 Å². The molecule has 0 spiro atoms. The highest BCUT2D eigenvalue weighted by Crippen LogP contribution is 2.41. The topological polar surface area (TPSA) is 62.7 Å². The van der Waals surface area contributed by atoms with Crippen LogP contribution >= 0.6 is 0 Å². The Hall–Kier alpha value is -4.82. The lowest BCUT2D eigenvalue weighted by Gasteiger charge is -2.07. The number of nitrogens with zero attached hydrogens (tertiary/aromatic N) is 3. The number of rotatable bonds is 3. The SMILES string of the molecule is N#Cc1ccc2c(oc3c(-c4cnc(F)cn4)cccc32)c1-c1ccc(-c2ccccc2)cc1. The molecule has 0 N–H and O–H groups in total. The predicted octanol–water partition coefficient (Wildman–Crippen LogP) is 7.39. The minimum atomic E-state index is -0.638. The van der Waals surface area contributed by atoms with Crippen molar-refractivity contribution in [2.45, 2.75) is 0 Å². The zero-order valence-electron chi connectivity index (χ0n) is 17.9. The van der Waals surface area contributed by atoms with E-state index >= 15 is 0 Å². The molecule has 160 valence electrons. The van der Waals surface area contributed by atoms with Crippen molar-refractivity contribution >= 4 is 21.9 Å². The molecule has 0 unspecified atom stereocenters. The fraction of sp³-hybridized carbons (Fsp3) is 0. The van der Waals surface area contributed by atoms with Crippen molar-refractivity contribution in [3.8, 4) is 39.6 Å². The number of aromatic nitrogens is 2. The van der Waals surface area contributed by atoms with E-state index in [1.54, 1.807) is 0 Å². The molecule has 4 nitrogen and oxygen atoms in total. The van der Waals surface area contributed by atoms with Gasteiger partial charge in [0.15, 0.2) is 0 Å². The summed E-state index contributed by atoms with van der Waals surface area (Å²) >= 11 is 0. The van der Waals surface area contributed by atoms with Gasteiger partial charge in [0.25, 0.3) is 0 Å². The maximum Gasteiger partial charge on any atom is 0.231 e. The Kier molecular flexibility index (Phi) is 4.64. The molecule has 0 bridgehead atoms. The van der Waals surface area contributed by atoms with Gasteiger partial charge in [0, 0.05) is 21.9 Å². The zero-order chi connectivity index (χ0) is 23.1. The van der Waals surface area contributed by atoms with Gasteiger partial charge in [-0.1, -0.05) is 66.7 Å². The van der Waals surface area contributed by atoms with E-state index in [0.717, 1.165) is 39.2 Å². The second-order valence-electron chi connectivity index (χ2n) is 7.93. The fourth-order valence-corrected chi connectivity index (χ4v) is 4.35. The van der Waals surface area contributed by atoms with Crippen molar-refractivity contribution in [2.75, 3.05) is 0 Å². The van der Waals surface area contributed by atoms with Crippen LogP contribution in [0.4, 0.5) is 4.39 Å². The Labute approximate surface area is 194 Å². The van der Waals surface area contributed by atoms with Crippen LogP contribution in [0, 0.1) is 17.3 Å². The molecule has 6 aromatic rings. The minimum Gasteiger partial charge on any atom is -0.455 e. The van der Waals surface area contributed by atoms with Crippen molar-refractivity contribution in [2.24, 2.45) is 0 Å². The Morgan fingerprint density at radius 3 is 2.15 bits per heavy atom. The summed E-state index contributed by atoms with van der Waals surface area (Å²) in [7, 11) is 0. The van der Waals surface area contributed by atoms with Gasteiger partial charge in [-0.3, -0.25) is 0 Å². The summed E-state index contributed by atoms with van der Waals surface area (Å²) < 4.78 is 19.7. The summed E-state index contributed by atoms with van der Waals surface area (Å²) in [5.41, 5.74) is 6.86. The van der Waals surface area contributed by atoms with Gasteiger partial charge < -0.3 is 4.42 Å². The third-order valence-corrected chi connectivity index (χ3v) is 5.96. The molecular formula is C29H16FN3O. The average Bonchev–Trinajstić information content (AvgIpc) is 3.28. The summed E-state index contributed by atoms with van der Waals surface area (Å²) in [5.74, 6) is -0.638. The molecule has 0 fully saturated rings. The molecule has 0 aliphatic carbocycles. The van der Waals surface area contributed by atoms with Gasteiger partial charge in [0.1, 0.15) is 11.2 Å². The van der Waals surface area contributed by atoms with Crippen LogP contribution in [0.1, 0.15) is 5.56 Å². The van der Waals surface area contributed by atoms with E-state index in [4.69, 9.17) is 4.42 Å². The second-order valence-corrected chi connectivity index (χ2v) is 7.93. The normalized spacial score (nSPS) is 11.1. The molecular weight excluding hydrogens is 425 g/mol. The summed E-state index contributed by atoms with van der Waals surface area (Å²) in [6.07, 6.45) is 2.48. The van der Waals surface area contributed by atoms with Gasteiger partial charge in [0.2, 0.25) is 5.95 Å². The van der Waals surface area contributed by atoms with Gasteiger partial charge in [-0.2, -0.15) is 9.65 Å². The minimum absolute atomic E-state index is 0.514. The van der Waals surface area contributed by atoms with Crippen LogP contribution in [0.15, 0.2) is 102 Å². The fourth-order valence-electron chi connectivity index (χ4n) is 4.35. The molecule has 0 saturated heterocycles. The molecule has 0 amide bonds. The van der Waals surface area contributed by atoms with Crippen molar-refractivity contribution < 1.29 is 8.81 Å². The van der Waals surface area contributed by atoms with Crippen molar-refractivity contribution in [1.82, 2.24) is 9.97 Å². The van der Waals surface area contributed by atoms with Crippen LogP contribution in [0.2, 0.25) is 0 Å². The first kappa shape index (κ1) is 19.8. The quantitative estimate of drug-likeness (QED) is 0.287. The summed E-state index contributed by atoms with van der Waals surface area (Å²) in [6, 6.07) is 30.0. The van der Waals surface area contributed by atoms with E-state index in [9.17, 15) is 9.65 Å². The van der Waals surface area contributed by atoms with Gasteiger partial charge in [-0.25, -0.2) is 9.97 Å². The molecule has 0 atom stereocenters. The molecule has 2 heterocycles. The Bertz CT molecular complexity index is 1700. The summed E-state index contributed by atoms with van der Waals surface area (Å²) in [5, 5.41) is 11.6. The number of hydrogen-bond donors (Lipinski definition) is 0. The molecule has 4 aromatic carbocycles. The number of furan rings is 1. The smallest absolute Gasteiger partial charge is 0.231 e. The molecule has 2 aromatic heterocycles. The number of hydrogen-bond acceptors (Lipinski definition) is 4. The Morgan fingerprint density at radius 2 is 1.41 bits per heavy atom. The molecule has 0 saturated carbocycles. The first-order chi connectivity index (χ1) is 16.7. The molecule has 5 heteroatoms. The number of halogens is 1. The van der Waals surface area contributed by atoms with Crippen molar-refractivity contribution in [1.29, 1.82) is 5.26 Å². The van der Waals surface area contributed by atoms with Gasteiger partial charge >= 0.3 is 0 Å². The molecule has 6 rings (SSSR count). The van der Waals surface area contributed by atoms with Gasteiger partial charge in [-0.05, 0) is 34.9 Å². The third-order valence-electron chi connectivity index (χ3n) is 5.96. The molecule has 0 aliphatic rings. The maximum atomic E-state index is 13.3. The highest BCUT2D eigenvalue weighted by atomic mass is 19.1. The van der Waals surface area contributed by atoms with Crippen LogP contribution in [-0.4, -0.2) is 9.97 Å². The predicted molar refractivity (Wildman–Crippen MR) is 130 cm³/mol. The van der Waals surface area contributed by atoms with Crippen molar-refractivity contribution in [3.05, 3.63) is 109 Å². The number of nitriles is 1. The third kappa shape index (κ3) is 3.21. The Morgan fingerprint density at radius 1 is 0.676 bits per heavy atom. The van der Waals surface area contributed by atoms with Crippen molar-refractivity contribution in [3.63, 3.8) is 0 Å². The number of para-hydroxylation sites is 1. The standard InChI is InChI=1S/C29H16FN3O/c30-26-17-32-25(16-33-26)24-8-4-7-22-23-14-13-21(15-31)27(29(23)34-28(22)24)20-11-9-19(10-12-20)18-5-2-1-3-6-18/h1-14,16-17H. The van der Waals surface area contributed by atoms with E-state index < -0.39 is 5.95 Å². The summed E-state index contributed by atoms with van der Waals surface area (Å²) in [6.45, 7) is 0. The molecule has 34 heavy (non-hydrogen) atoms. The van der Waals surface area contributed by atoms with Crippen LogP contribution in [-0.2, 0) is 0 Å². The first-order valence-corrected chi connectivity index (χ1v) is 10.7. The lowest BCUT2D eigenvalue weighted by Crippen LogP contribution is -1.88. The highest BCUT2D eigenvalue weighted by molar-refractivity contribution is 6.13. The largest absolute Gasteiger partial charge is 0.455 e. The van der Waals surface area contributed by atoms with Crippen LogP contribution in [0.25, 0.3) is 55.4 Å². The maximum absolute atomic E-state index is 13.3. The first-order valence-electron chi connectivity index (χ1n) is 10.7. The van der Waals surface area contributed by atoms with E-state index in [-0.39, 0.29) is 0 Å². The number of benzene rings is 4. The summed E-state index contributed by atoms with van der Waals surface area (Å²) in [4.78, 5) is 7.90. The highest BCUT2D eigenvalue weighted by Gasteiger charge is 2.19. The molecule has 0 aliphatic heterocycles. The zero-order valence-corrected chi connectivity index (χ0v) is 17.9. The van der Waals surface area contributed by atoms with Crippen LogP contribution in [0.5, 0.6) is 0 Å². The van der Waals surface area contributed by atoms with E-state index in [1.807, 2.05) is 72.8 Å². The number of fused-ring (bicyclic) bond motifs is 3. The Balaban J connectivity index is 1.57. The van der Waals surface area contributed by atoms with Gasteiger partial charge in [-0.15, -0.1) is 0 Å². The molecule has 0 radical (unpaired) electrons. The van der Waals surface area contributed by atoms with Crippen LogP contribution in [0.3, 0.4) is 0 Å². The monoisotopic (exact) mass is 441 g/mol. The second kappa shape index (κ2) is 7.95. The average molecular weight is 441 g/mol. The van der Waals surface area contributed by atoms with E-state index in [2.05, 4.69) is 28.2 Å². The lowest BCUT2D eigenvalue weighted by molar-refractivity contribution is 0.577. The lowest BCUT2D eigenvalue weighted by atomic mass is 9.95. The van der Waals surface area contributed by atoms with E-state index in [0.29, 0.717) is 28.0 Å². The van der Waals surface area contributed by atoms with Gasteiger partial charge in [0.05, 0.1) is 29.7 Å².